The van der Waals surface area contributed by atoms with Gasteiger partial charge in [-0.2, -0.15) is 0 Å². The molecule has 2 heterocycles. The van der Waals surface area contributed by atoms with Crippen LogP contribution in [-0.4, -0.2) is 23.0 Å². The van der Waals surface area contributed by atoms with E-state index in [0.717, 1.165) is 33.1 Å². The molecule has 0 fully saturated rings. The summed E-state index contributed by atoms with van der Waals surface area (Å²) in [6.45, 7) is 4.18. The SMILES string of the molecule is COc1c(C)cnc(CNC(=O)c2csc(-c3cccc(Cl)c3)n2)c1C. The Hall–Kier alpha value is -2.44. The lowest BCUT2D eigenvalue weighted by atomic mass is 10.1. The predicted octanol–water partition coefficient (Wildman–Crippen LogP) is 4.41. The Labute approximate surface area is 161 Å². The van der Waals surface area contributed by atoms with Gasteiger partial charge in [-0.05, 0) is 26.0 Å². The second kappa shape index (κ2) is 7.85. The minimum Gasteiger partial charge on any atom is -0.496 e. The lowest BCUT2D eigenvalue weighted by Crippen LogP contribution is -2.24. The van der Waals surface area contributed by atoms with Gasteiger partial charge in [0.25, 0.3) is 5.91 Å². The lowest BCUT2D eigenvalue weighted by Gasteiger charge is -2.12. The zero-order chi connectivity index (χ0) is 18.7. The van der Waals surface area contributed by atoms with Gasteiger partial charge < -0.3 is 10.1 Å². The predicted molar refractivity (Wildman–Crippen MR) is 104 cm³/mol. The summed E-state index contributed by atoms with van der Waals surface area (Å²) in [6.07, 6.45) is 1.74. The number of hydrogen-bond donors (Lipinski definition) is 1. The van der Waals surface area contributed by atoms with E-state index in [0.29, 0.717) is 17.3 Å². The largest absolute Gasteiger partial charge is 0.496 e. The highest BCUT2D eigenvalue weighted by molar-refractivity contribution is 7.13. The number of pyridine rings is 1. The third kappa shape index (κ3) is 3.86. The quantitative estimate of drug-likeness (QED) is 0.704. The van der Waals surface area contributed by atoms with Crippen molar-refractivity contribution in [1.82, 2.24) is 15.3 Å². The molecule has 5 nitrogen and oxygen atoms in total. The van der Waals surface area contributed by atoms with Gasteiger partial charge in [-0.1, -0.05) is 23.7 Å². The number of hydrogen-bond acceptors (Lipinski definition) is 5. The fourth-order valence-electron chi connectivity index (χ4n) is 2.64. The Bertz CT molecular complexity index is 956. The van der Waals surface area contributed by atoms with E-state index in [9.17, 15) is 4.79 Å². The minimum atomic E-state index is -0.240. The number of rotatable bonds is 5. The van der Waals surface area contributed by atoms with Crippen molar-refractivity contribution in [3.05, 3.63) is 63.4 Å². The molecule has 134 valence electrons. The lowest BCUT2D eigenvalue weighted by molar-refractivity contribution is 0.0946. The van der Waals surface area contributed by atoms with Gasteiger partial charge in [0.05, 0.1) is 19.3 Å². The number of halogens is 1. The number of ether oxygens (including phenoxy) is 1. The Kier molecular flexibility index (Phi) is 5.54. The molecule has 3 rings (SSSR count). The van der Waals surface area contributed by atoms with Crippen LogP contribution in [0.5, 0.6) is 5.75 Å². The van der Waals surface area contributed by atoms with Gasteiger partial charge in [0.15, 0.2) is 0 Å². The molecule has 0 radical (unpaired) electrons. The van der Waals surface area contributed by atoms with Gasteiger partial charge in [-0.3, -0.25) is 9.78 Å². The summed E-state index contributed by atoms with van der Waals surface area (Å²) in [6, 6.07) is 7.40. The van der Waals surface area contributed by atoms with Crippen molar-refractivity contribution in [2.75, 3.05) is 7.11 Å². The van der Waals surface area contributed by atoms with E-state index in [1.807, 2.05) is 32.0 Å². The fourth-order valence-corrected chi connectivity index (χ4v) is 3.62. The number of aryl methyl sites for hydroxylation is 1. The Morgan fingerprint density at radius 1 is 1.35 bits per heavy atom. The highest BCUT2D eigenvalue weighted by Crippen LogP contribution is 2.26. The molecule has 1 N–H and O–H groups in total. The summed E-state index contributed by atoms with van der Waals surface area (Å²) in [5, 5.41) is 5.99. The molecule has 0 saturated heterocycles. The van der Waals surface area contributed by atoms with Crippen LogP contribution < -0.4 is 10.1 Å². The maximum Gasteiger partial charge on any atom is 0.271 e. The standard InChI is InChI=1S/C19H18ClN3O2S/c1-11-8-21-15(12(2)17(11)25-3)9-22-18(24)16-10-26-19(23-16)13-5-4-6-14(20)7-13/h4-8,10H,9H2,1-3H3,(H,22,24). The number of methoxy groups -OCH3 is 1. The van der Waals surface area contributed by atoms with Crippen LogP contribution in [0.3, 0.4) is 0 Å². The number of amides is 1. The summed E-state index contributed by atoms with van der Waals surface area (Å²) in [5.41, 5.74) is 3.92. The molecular weight excluding hydrogens is 370 g/mol. The van der Waals surface area contributed by atoms with Crippen molar-refractivity contribution in [2.45, 2.75) is 20.4 Å². The van der Waals surface area contributed by atoms with Crippen molar-refractivity contribution in [3.8, 4) is 16.3 Å². The molecule has 7 heteroatoms. The summed E-state index contributed by atoms with van der Waals surface area (Å²) in [4.78, 5) is 21.2. The second-order valence-electron chi connectivity index (χ2n) is 5.78. The number of thiazole rings is 1. The number of nitrogens with one attached hydrogen (secondary N) is 1. The monoisotopic (exact) mass is 387 g/mol. The molecule has 0 spiro atoms. The second-order valence-corrected chi connectivity index (χ2v) is 7.07. The van der Waals surface area contributed by atoms with Crippen LogP contribution in [0.25, 0.3) is 10.6 Å². The third-order valence-electron chi connectivity index (χ3n) is 3.97. The van der Waals surface area contributed by atoms with E-state index in [1.165, 1.54) is 11.3 Å². The van der Waals surface area contributed by atoms with E-state index in [1.54, 1.807) is 24.8 Å². The van der Waals surface area contributed by atoms with Gasteiger partial charge in [0.1, 0.15) is 16.5 Å². The van der Waals surface area contributed by atoms with Crippen molar-refractivity contribution < 1.29 is 9.53 Å². The highest BCUT2D eigenvalue weighted by atomic mass is 35.5. The fraction of sp³-hybridized carbons (Fsp3) is 0.211. The third-order valence-corrected chi connectivity index (χ3v) is 5.10. The molecule has 3 aromatic rings. The molecule has 0 aliphatic heterocycles. The van der Waals surface area contributed by atoms with Gasteiger partial charge in [0, 0.05) is 33.3 Å². The van der Waals surface area contributed by atoms with E-state index < -0.39 is 0 Å². The van der Waals surface area contributed by atoms with E-state index >= 15 is 0 Å². The molecular formula is C19H18ClN3O2S. The molecule has 0 saturated carbocycles. The summed E-state index contributed by atoms with van der Waals surface area (Å²) in [7, 11) is 1.63. The van der Waals surface area contributed by atoms with Crippen LogP contribution in [0, 0.1) is 13.8 Å². The van der Waals surface area contributed by atoms with Crippen molar-refractivity contribution in [3.63, 3.8) is 0 Å². The molecule has 2 aromatic heterocycles. The summed E-state index contributed by atoms with van der Waals surface area (Å²) in [5.74, 6) is 0.552. The van der Waals surface area contributed by atoms with Crippen LogP contribution in [-0.2, 0) is 6.54 Å². The van der Waals surface area contributed by atoms with Crippen molar-refractivity contribution >= 4 is 28.8 Å². The number of benzene rings is 1. The molecule has 0 aliphatic rings. The smallest absolute Gasteiger partial charge is 0.271 e. The van der Waals surface area contributed by atoms with Crippen molar-refractivity contribution in [1.29, 1.82) is 0 Å². The number of carbonyl (C=O) groups is 1. The van der Waals surface area contributed by atoms with Gasteiger partial charge in [-0.15, -0.1) is 11.3 Å². The Balaban J connectivity index is 1.72. The Morgan fingerprint density at radius 2 is 2.15 bits per heavy atom. The number of aromatic nitrogens is 2. The minimum absolute atomic E-state index is 0.240. The van der Waals surface area contributed by atoms with Crippen LogP contribution >= 0.6 is 22.9 Å². The first-order chi connectivity index (χ1) is 12.5. The van der Waals surface area contributed by atoms with Gasteiger partial charge in [-0.25, -0.2) is 4.98 Å². The number of carbonyl (C=O) groups excluding carboxylic acids is 1. The first-order valence-electron chi connectivity index (χ1n) is 7.98. The molecule has 0 unspecified atom stereocenters. The van der Waals surface area contributed by atoms with Crippen LogP contribution in [0.2, 0.25) is 5.02 Å². The molecule has 1 amide bonds. The van der Waals surface area contributed by atoms with Crippen LogP contribution in [0.15, 0.2) is 35.8 Å². The van der Waals surface area contributed by atoms with Crippen molar-refractivity contribution in [2.24, 2.45) is 0 Å². The van der Waals surface area contributed by atoms with Gasteiger partial charge in [0.2, 0.25) is 0 Å². The first kappa shape index (κ1) is 18.4. The average Bonchev–Trinajstić information content (AvgIpc) is 3.11. The summed E-state index contributed by atoms with van der Waals surface area (Å²) >= 11 is 7.42. The van der Waals surface area contributed by atoms with Gasteiger partial charge >= 0.3 is 0 Å². The zero-order valence-corrected chi connectivity index (χ0v) is 16.2. The molecule has 1 aromatic carbocycles. The molecule has 0 aliphatic carbocycles. The van der Waals surface area contributed by atoms with E-state index in [2.05, 4.69) is 15.3 Å². The molecule has 0 atom stereocenters. The molecule has 0 bridgehead atoms. The normalized spacial score (nSPS) is 10.6. The highest BCUT2D eigenvalue weighted by Gasteiger charge is 2.14. The first-order valence-corrected chi connectivity index (χ1v) is 9.24. The van der Waals surface area contributed by atoms with E-state index in [-0.39, 0.29) is 5.91 Å². The van der Waals surface area contributed by atoms with Crippen LogP contribution in [0.1, 0.15) is 27.3 Å². The topological polar surface area (TPSA) is 64.1 Å². The average molecular weight is 388 g/mol. The van der Waals surface area contributed by atoms with Crippen LogP contribution in [0.4, 0.5) is 0 Å². The molecule has 26 heavy (non-hydrogen) atoms. The number of nitrogens with zero attached hydrogens (tertiary/aromatic N) is 2. The van der Waals surface area contributed by atoms with E-state index in [4.69, 9.17) is 16.3 Å². The maximum absolute atomic E-state index is 12.4. The maximum atomic E-state index is 12.4. The Morgan fingerprint density at radius 3 is 2.88 bits per heavy atom. The summed E-state index contributed by atoms with van der Waals surface area (Å²) < 4.78 is 5.40. The zero-order valence-electron chi connectivity index (χ0n) is 14.7.